The summed E-state index contributed by atoms with van der Waals surface area (Å²) in [6.45, 7) is 1.58. The van der Waals surface area contributed by atoms with Crippen molar-refractivity contribution in [3.05, 3.63) is 29.8 Å². The van der Waals surface area contributed by atoms with E-state index >= 15 is 0 Å². The van der Waals surface area contributed by atoms with E-state index in [0.717, 1.165) is 43.7 Å². The standard InChI is InChI=1S/C18H23N3O2S/c1-23-15-7-3-13(4-8-15)18(9-10-18)16(22)20-11-2-12-21(20)17(24)19-14-5-6-14/h3-4,7-8,14H,2,5-6,9-12H2,1H3,(H,19,24). The summed E-state index contributed by atoms with van der Waals surface area (Å²) in [5, 5.41) is 7.90. The molecule has 0 spiro atoms. The second-order valence-electron chi connectivity index (χ2n) is 6.94. The molecule has 1 amide bonds. The van der Waals surface area contributed by atoms with Gasteiger partial charge >= 0.3 is 0 Å². The quantitative estimate of drug-likeness (QED) is 0.848. The Hall–Kier alpha value is -1.82. The van der Waals surface area contributed by atoms with E-state index in [1.165, 1.54) is 12.8 Å². The van der Waals surface area contributed by atoms with Gasteiger partial charge in [0.2, 0.25) is 0 Å². The zero-order valence-electron chi connectivity index (χ0n) is 14.0. The highest BCUT2D eigenvalue weighted by Crippen LogP contribution is 2.50. The molecule has 1 aromatic carbocycles. The van der Waals surface area contributed by atoms with E-state index in [-0.39, 0.29) is 11.3 Å². The average molecular weight is 345 g/mol. The van der Waals surface area contributed by atoms with Gasteiger partial charge in [0.25, 0.3) is 5.91 Å². The molecule has 0 bridgehead atoms. The Bertz CT molecular complexity index is 653. The van der Waals surface area contributed by atoms with Crippen LogP contribution in [-0.2, 0) is 10.2 Å². The molecule has 24 heavy (non-hydrogen) atoms. The number of carbonyl (C=O) groups is 1. The largest absolute Gasteiger partial charge is 0.497 e. The number of hydrogen-bond donors (Lipinski definition) is 1. The molecule has 2 aliphatic carbocycles. The Balaban J connectivity index is 1.51. The Labute approximate surface area is 147 Å². The van der Waals surface area contributed by atoms with Crippen molar-refractivity contribution in [3.63, 3.8) is 0 Å². The number of nitrogens with zero attached hydrogens (tertiary/aromatic N) is 2. The van der Waals surface area contributed by atoms with Crippen molar-refractivity contribution >= 4 is 23.2 Å². The lowest BCUT2D eigenvalue weighted by molar-refractivity contribution is -0.141. The number of ether oxygens (including phenoxy) is 1. The lowest BCUT2D eigenvalue weighted by atomic mass is 9.94. The molecule has 0 radical (unpaired) electrons. The fourth-order valence-electron chi connectivity index (χ4n) is 3.42. The molecular formula is C18H23N3O2S. The molecule has 6 heteroatoms. The van der Waals surface area contributed by atoms with Crippen molar-refractivity contribution in [2.75, 3.05) is 20.2 Å². The number of thiocarbonyl (C=S) groups is 1. The first-order chi connectivity index (χ1) is 11.6. The van der Waals surface area contributed by atoms with E-state index in [2.05, 4.69) is 5.32 Å². The molecule has 0 aromatic heterocycles. The predicted octanol–water partition coefficient (Wildman–Crippen LogP) is 2.21. The van der Waals surface area contributed by atoms with Crippen LogP contribution >= 0.6 is 12.2 Å². The highest BCUT2D eigenvalue weighted by molar-refractivity contribution is 7.80. The number of methoxy groups -OCH3 is 1. The summed E-state index contributed by atoms with van der Waals surface area (Å²) in [5.74, 6) is 1.00. The fraction of sp³-hybridized carbons (Fsp3) is 0.556. The second kappa shape index (κ2) is 5.92. The maximum atomic E-state index is 13.3. The van der Waals surface area contributed by atoms with Gasteiger partial charge in [-0.15, -0.1) is 0 Å². The minimum atomic E-state index is -0.371. The van der Waals surface area contributed by atoms with Crippen LogP contribution in [0.4, 0.5) is 0 Å². The number of nitrogens with one attached hydrogen (secondary N) is 1. The van der Waals surface area contributed by atoms with Crippen LogP contribution < -0.4 is 10.1 Å². The topological polar surface area (TPSA) is 44.8 Å². The summed E-state index contributed by atoms with van der Waals surface area (Å²) in [5.41, 5.74) is 0.713. The SMILES string of the molecule is COc1ccc(C2(C(=O)N3CCCN3C(=S)NC3CC3)CC2)cc1. The van der Waals surface area contributed by atoms with Gasteiger partial charge in [-0.1, -0.05) is 12.1 Å². The highest BCUT2D eigenvalue weighted by Gasteiger charge is 2.54. The molecule has 1 heterocycles. The first-order valence-corrected chi connectivity index (χ1v) is 9.09. The maximum absolute atomic E-state index is 13.3. The highest BCUT2D eigenvalue weighted by atomic mass is 32.1. The molecule has 1 aliphatic heterocycles. The third kappa shape index (κ3) is 2.73. The lowest BCUT2D eigenvalue weighted by Crippen LogP contribution is -2.52. The van der Waals surface area contributed by atoms with E-state index in [1.807, 2.05) is 34.3 Å². The van der Waals surface area contributed by atoms with E-state index in [4.69, 9.17) is 17.0 Å². The second-order valence-corrected chi connectivity index (χ2v) is 7.33. The van der Waals surface area contributed by atoms with Crippen LogP contribution in [0, 0.1) is 0 Å². The van der Waals surface area contributed by atoms with Gasteiger partial charge in [-0.25, -0.2) is 0 Å². The zero-order chi connectivity index (χ0) is 16.7. The summed E-state index contributed by atoms with van der Waals surface area (Å²) >= 11 is 5.52. The number of benzene rings is 1. The van der Waals surface area contributed by atoms with Crippen LogP contribution in [0.1, 0.15) is 37.7 Å². The van der Waals surface area contributed by atoms with E-state index < -0.39 is 0 Å². The van der Waals surface area contributed by atoms with Gasteiger partial charge in [0.1, 0.15) is 5.75 Å². The molecule has 4 rings (SSSR count). The molecular weight excluding hydrogens is 322 g/mol. The fourth-order valence-corrected chi connectivity index (χ4v) is 3.78. The van der Waals surface area contributed by atoms with Crippen LogP contribution in [0.15, 0.2) is 24.3 Å². The number of hydrazine groups is 1. The monoisotopic (exact) mass is 345 g/mol. The van der Waals surface area contributed by atoms with Crippen LogP contribution in [-0.4, -0.2) is 47.3 Å². The van der Waals surface area contributed by atoms with Crippen LogP contribution in [0.2, 0.25) is 0 Å². The normalized spacial score (nSPS) is 21.5. The average Bonchev–Trinajstić information content (AvgIpc) is 3.53. The molecule has 3 aliphatic rings. The van der Waals surface area contributed by atoms with Crippen molar-refractivity contribution in [1.29, 1.82) is 0 Å². The van der Waals surface area contributed by atoms with Crippen molar-refractivity contribution in [3.8, 4) is 5.75 Å². The van der Waals surface area contributed by atoms with Crippen LogP contribution in [0.5, 0.6) is 5.75 Å². The van der Waals surface area contributed by atoms with Crippen molar-refractivity contribution in [1.82, 2.24) is 15.3 Å². The Morgan fingerprint density at radius 1 is 1.21 bits per heavy atom. The minimum Gasteiger partial charge on any atom is -0.497 e. The van der Waals surface area contributed by atoms with Gasteiger partial charge in [-0.3, -0.25) is 14.8 Å². The number of amides is 1. The van der Waals surface area contributed by atoms with Gasteiger partial charge in [0.15, 0.2) is 5.11 Å². The van der Waals surface area contributed by atoms with Crippen molar-refractivity contribution in [2.45, 2.75) is 43.6 Å². The molecule has 3 fully saturated rings. The number of carbonyl (C=O) groups excluding carboxylic acids is 1. The molecule has 1 aromatic rings. The molecule has 0 unspecified atom stereocenters. The minimum absolute atomic E-state index is 0.185. The first kappa shape index (κ1) is 15.7. The first-order valence-electron chi connectivity index (χ1n) is 8.68. The summed E-state index contributed by atoms with van der Waals surface area (Å²) < 4.78 is 5.22. The Morgan fingerprint density at radius 2 is 1.88 bits per heavy atom. The van der Waals surface area contributed by atoms with Crippen molar-refractivity contribution < 1.29 is 9.53 Å². The van der Waals surface area contributed by atoms with E-state index in [0.29, 0.717) is 11.2 Å². The third-order valence-electron chi connectivity index (χ3n) is 5.21. The smallest absolute Gasteiger partial charge is 0.251 e. The Kier molecular flexibility index (Phi) is 3.87. The van der Waals surface area contributed by atoms with E-state index in [1.54, 1.807) is 7.11 Å². The van der Waals surface area contributed by atoms with Gasteiger partial charge in [0.05, 0.1) is 12.5 Å². The van der Waals surface area contributed by atoms with Crippen molar-refractivity contribution in [2.24, 2.45) is 0 Å². The Morgan fingerprint density at radius 3 is 2.46 bits per heavy atom. The van der Waals surface area contributed by atoms with Gasteiger partial charge in [0, 0.05) is 19.1 Å². The molecule has 128 valence electrons. The lowest BCUT2D eigenvalue weighted by Gasteiger charge is -2.33. The molecule has 5 nitrogen and oxygen atoms in total. The summed E-state index contributed by atoms with van der Waals surface area (Å²) in [6, 6.07) is 8.41. The van der Waals surface area contributed by atoms with Gasteiger partial charge in [-0.05, 0) is 62.0 Å². The molecule has 1 saturated heterocycles. The van der Waals surface area contributed by atoms with Gasteiger partial charge < -0.3 is 10.1 Å². The number of rotatable bonds is 4. The maximum Gasteiger partial charge on any atom is 0.251 e. The third-order valence-corrected chi connectivity index (χ3v) is 5.54. The van der Waals surface area contributed by atoms with Crippen LogP contribution in [0.3, 0.4) is 0 Å². The zero-order valence-corrected chi connectivity index (χ0v) is 14.8. The molecule has 1 N–H and O–H groups in total. The number of hydrogen-bond acceptors (Lipinski definition) is 3. The van der Waals surface area contributed by atoms with Gasteiger partial charge in [-0.2, -0.15) is 0 Å². The molecule has 2 saturated carbocycles. The molecule has 0 atom stereocenters. The summed E-state index contributed by atoms with van der Waals surface area (Å²) in [4.78, 5) is 13.3. The van der Waals surface area contributed by atoms with E-state index in [9.17, 15) is 4.79 Å². The summed E-state index contributed by atoms with van der Waals surface area (Å²) in [7, 11) is 1.66. The summed E-state index contributed by atoms with van der Waals surface area (Å²) in [6.07, 6.45) is 5.14. The van der Waals surface area contributed by atoms with Crippen LogP contribution in [0.25, 0.3) is 0 Å². The predicted molar refractivity (Wildman–Crippen MR) is 95.7 cm³/mol.